The average Bonchev–Trinajstić information content (AvgIpc) is 3.57. The molecule has 192 valence electrons. The summed E-state index contributed by atoms with van der Waals surface area (Å²) in [5, 5.41) is 25.5. The zero-order valence-electron chi connectivity index (χ0n) is 20.7. The highest BCUT2D eigenvalue weighted by Crippen LogP contribution is 2.30. The molecule has 0 aromatic carbocycles. The Morgan fingerprint density at radius 2 is 2.14 bits per heavy atom. The van der Waals surface area contributed by atoms with Crippen molar-refractivity contribution in [3.05, 3.63) is 48.3 Å². The molecular formula is C24H28N10O3. The number of anilines is 1. The molecule has 13 heteroatoms. The number of carboxylic acids is 1. The highest BCUT2D eigenvalue weighted by atomic mass is 16.5. The van der Waals surface area contributed by atoms with Gasteiger partial charge in [-0.2, -0.15) is 0 Å². The molecule has 0 aliphatic carbocycles. The van der Waals surface area contributed by atoms with Crippen LogP contribution >= 0.6 is 0 Å². The highest BCUT2D eigenvalue weighted by Gasteiger charge is 2.25. The molecule has 0 radical (unpaired) electrons. The smallest absolute Gasteiger partial charge is 0.303 e. The second kappa shape index (κ2) is 10.7. The molecule has 1 fully saturated rings. The van der Waals surface area contributed by atoms with E-state index in [1.165, 1.54) is 11.0 Å². The van der Waals surface area contributed by atoms with Crippen molar-refractivity contribution in [2.75, 3.05) is 18.0 Å². The van der Waals surface area contributed by atoms with Crippen LogP contribution in [0, 0.1) is 5.92 Å². The fourth-order valence-electron chi connectivity index (χ4n) is 4.62. The maximum Gasteiger partial charge on any atom is 0.303 e. The lowest BCUT2D eigenvalue weighted by atomic mass is 9.94. The van der Waals surface area contributed by atoms with E-state index in [1.54, 1.807) is 30.2 Å². The number of aliphatic carboxylic acids is 1. The second-order valence-electron chi connectivity index (χ2n) is 8.93. The van der Waals surface area contributed by atoms with E-state index in [0.717, 1.165) is 49.4 Å². The summed E-state index contributed by atoms with van der Waals surface area (Å²) in [6.45, 7) is 3.86. The van der Waals surface area contributed by atoms with Crippen molar-refractivity contribution in [3.63, 3.8) is 0 Å². The molecule has 4 aromatic heterocycles. The minimum atomic E-state index is -0.745. The van der Waals surface area contributed by atoms with E-state index in [4.69, 9.17) is 9.72 Å². The molecule has 0 saturated carbocycles. The topological polar surface area (TPSA) is 150 Å². The van der Waals surface area contributed by atoms with Crippen LogP contribution in [0.1, 0.15) is 37.6 Å². The van der Waals surface area contributed by atoms with Crippen molar-refractivity contribution < 1.29 is 14.6 Å². The maximum atomic E-state index is 11.2. The number of aromatic nitrogens is 9. The third-order valence-corrected chi connectivity index (χ3v) is 6.44. The van der Waals surface area contributed by atoms with Crippen molar-refractivity contribution in [2.45, 2.75) is 39.2 Å². The molecule has 0 amide bonds. The zero-order valence-corrected chi connectivity index (χ0v) is 20.7. The second-order valence-corrected chi connectivity index (χ2v) is 8.93. The average molecular weight is 505 g/mol. The fourth-order valence-corrected chi connectivity index (χ4v) is 4.62. The van der Waals surface area contributed by atoms with Gasteiger partial charge < -0.3 is 14.7 Å². The van der Waals surface area contributed by atoms with E-state index in [-0.39, 0.29) is 18.9 Å². The predicted molar refractivity (Wildman–Crippen MR) is 132 cm³/mol. The first-order valence-electron chi connectivity index (χ1n) is 12.2. The van der Waals surface area contributed by atoms with Crippen molar-refractivity contribution in [1.82, 2.24) is 44.9 Å². The van der Waals surface area contributed by atoms with E-state index in [0.29, 0.717) is 23.1 Å². The van der Waals surface area contributed by atoms with Crippen molar-refractivity contribution in [3.8, 4) is 23.1 Å². The van der Waals surface area contributed by atoms with Gasteiger partial charge in [0.15, 0.2) is 5.82 Å². The third-order valence-electron chi connectivity index (χ3n) is 6.44. The van der Waals surface area contributed by atoms with Crippen LogP contribution in [0.4, 0.5) is 5.69 Å². The van der Waals surface area contributed by atoms with E-state index >= 15 is 0 Å². The van der Waals surface area contributed by atoms with Gasteiger partial charge >= 0.3 is 5.97 Å². The Labute approximate surface area is 213 Å². The summed E-state index contributed by atoms with van der Waals surface area (Å²) in [5.41, 5.74) is 4.08. The standard InChI is InChI=1S/C24H28N10O3/c1-3-17-19(33-9-4-5-16(13-33)11-23(35)36)7-6-18(28-17)24-20(32(2)31-29-24)14-37-22-12-21(25-15-26-22)34-10-8-27-30-34/h6-8,10,12,15-16H,3-5,9,11,13-14H2,1-2H3,(H,35,36)/t16-/m1/s1. The normalized spacial score (nSPS) is 15.6. The molecule has 1 aliphatic heterocycles. The number of carbonyl (C=O) groups is 1. The van der Waals surface area contributed by atoms with Crippen molar-refractivity contribution in [1.29, 1.82) is 0 Å². The van der Waals surface area contributed by atoms with Crippen molar-refractivity contribution >= 4 is 11.7 Å². The third kappa shape index (κ3) is 5.39. The minimum Gasteiger partial charge on any atom is -0.481 e. The van der Waals surface area contributed by atoms with Gasteiger partial charge in [-0.3, -0.25) is 4.79 Å². The number of pyridine rings is 1. The number of piperidine rings is 1. The number of carboxylic acid groups (broad SMARTS) is 1. The number of aryl methyl sites for hydroxylation is 2. The van der Waals surface area contributed by atoms with E-state index < -0.39 is 5.97 Å². The monoisotopic (exact) mass is 504 g/mol. The quantitative estimate of drug-likeness (QED) is 0.357. The van der Waals surface area contributed by atoms with Gasteiger partial charge in [-0.15, -0.1) is 10.2 Å². The molecule has 0 unspecified atom stereocenters. The molecule has 13 nitrogen and oxygen atoms in total. The van der Waals surface area contributed by atoms with Crippen LogP contribution in [-0.2, 0) is 24.9 Å². The van der Waals surface area contributed by atoms with Crippen LogP contribution in [0.2, 0.25) is 0 Å². The molecule has 1 aliphatic rings. The van der Waals surface area contributed by atoms with Gasteiger partial charge in [0.05, 0.1) is 29.5 Å². The van der Waals surface area contributed by atoms with Crippen molar-refractivity contribution in [2.24, 2.45) is 13.0 Å². The van der Waals surface area contributed by atoms with Gasteiger partial charge in [-0.25, -0.2) is 24.3 Å². The SMILES string of the molecule is CCc1nc(-c2nnn(C)c2COc2cc(-n3ccnn3)ncn2)ccc1N1CCC[C@H](CC(=O)O)C1. The van der Waals surface area contributed by atoms with Gasteiger partial charge in [-0.05, 0) is 37.3 Å². The summed E-state index contributed by atoms with van der Waals surface area (Å²) in [6, 6.07) is 5.67. The molecule has 1 atom stereocenters. The van der Waals surface area contributed by atoms with Gasteiger partial charge in [0, 0.05) is 32.6 Å². The Balaban J connectivity index is 1.35. The number of hydrogen-bond donors (Lipinski definition) is 1. The van der Waals surface area contributed by atoms with Gasteiger partial charge in [0.1, 0.15) is 24.3 Å². The zero-order chi connectivity index (χ0) is 25.8. The first kappa shape index (κ1) is 24.3. The lowest BCUT2D eigenvalue weighted by Crippen LogP contribution is -2.37. The van der Waals surface area contributed by atoms with Crippen LogP contribution in [0.5, 0.6) is 5.88 Å². The minimum absolute atomic E-state index is 0.145. The lowest BCUT2D eigenvalue weighted by molar-refractivity contribution is -0.138. The van der Waals surface area contributed by atoms with E-state index in [2.05, 4.69) is 48.5 Å². The van der Waals surface area contributed by atoms with Gasteiger partial charge in [0.25, 0.3) is 0 Å². The fraction of sp³-hybridized carbons (Fsp3) is 0.417. The molecule has 1 N–H and O–H groups in total. The maximum absolute atomic E-state index is 11.2. The first-order valence-corrected chi connectivity index (χ1v) is 12.2. The Bertz CT molecular complexity index is 1370. The molecular weight excluding hydrogens is 476 g/mol. The molecule has 1 saturated heterocycles. The lowest BCUT2D eigenvalue weighted by Gasteiger charge is -2.34. The molecule has 0 spiro atoms. The number of rotatable bonds is 9. The molecule has 0 bridgehead atoms. The van der Waals surface area contributed by atoms with Crippen LogP contribution in [0.15, 0.2) is 36.9 Å². The largest absolute Gasteiger partial charge is 0.481 e. The summed E-state index contributed by atoms with van der Waals surface area (Å²) in [4.78, 5) is 26.8. The summed E-state index contributed by atoms with van der Waals surface area (Å²) in [6.07, 6.45) is 7.50. The Hall–Kier alpha value is -4.42. The molecule has 5 heterocycles. The molecule has 37 heavy (non-hydrogen) atoms. The molecule has 5 rings (SSSR count). The Kier molecular flexibility index (Phi) is 7.01. The van der Waals surface area contributed by atoms with Gasteiger partial charge in [0.2, 0.25) is 5.88 Å². The van der Waals surface area contributed by atoms with Crippen LogP contribution in [-0.4, -0.2) is 69.1 Å². The summed E-state index contributed by atoms with van der Waals surface area (Å²) in [5.74, 6) is 0.321. The number of hydrogen-bond acceptors (Lipinski definition) is 10. The Morgan fingerprint density at radius 1 is 1.24 bits per heavy atom. The Morgan fingerprint density at radius 3 is 2.92 bits per heavy atom. The number of ether oxygens (including phenoxy) is 1. The van der Waals surface area contributed by atoms with Crippen LogP contribution in [0.25, 0.3) is 17.2 Å². The van der Waals surface area contributed by atoms with Crippen LogP contribution < -0.4 is 9.64 Å². The summed E-state index contributed by atoms with van der Waals surface area (Å²) in [7, 11) is 1.81. The number of nitrogens with zero attached hydrogens (tertiary/aromatic N) is 10. The molecule has 4 aromatic rings. The first-order chi connectivity index (χ1) is 18.0. The summed E-state index contributed by atoms with van der Waals surface area (Å²) < 4.78 is 9.14. The highest BCUT2D eigenvalue weighted by molar-refractivity contribution is 5.67. The van der Waals surface area contributed by atoms with E-state index in [9.17, 15) is 9.90 Å². The predicted octanol–water partition coefficient (Wildman–Crippen LogP) is 2.08. The summed E-state index contributed by atoms with van der Waals surface area (Å²) >= 11 is 0. The van der Waals surface area contributed by atoms with E-state index in [1.807, 2.05) is 6.07 Å². The van der Waals surface area contributed by atoms with Gasteiger partial charge in [-0.1, -0.05) is 17.4 Å². The van der Waals surface area contributed by atoms with Crippen LogP contribution in [0.3, 0.4) is 0 Å².